The van der Waals surface area contributed by atoms with Gasteiger partial charge in [0.05, 0.1) is 10.4 Å². The minimum Gasteiger partial charge on any atom is -0.361 e. The Kier molecular flexibility index (Phi) is 2.37. The molecule has 1 rings (SSSR count). The third-order valence-corrected chi connectivity index (χ3v) is 1.88. The average Bonchev–Trinajstić information content (AvgIpc) is 2.43. The van der Waals surface area contributed by atoms with Crippen LogP contribution in [0.25, 0.3) is 0 Å². The summed E-state index contributed by atoms with van der Waals surface area (Å²) in [6.07, 6.45) is 1.19. The Morgan fingerprint density at radius 1 is 1.90 bits per heavy atom. The van der Waals surface area contributed by atoms with Crippen molar-refractivity contribution in [1.29, 1.82) is 5.26 Å². The first-order valence-electron chi connectivity index (χ1n) is 2.69. The van der Waals surface area contributed by atoms with Gasteiger partial charge in [0.2, 0.25) is 0 Å². The summed E-state index contributed by atoms with van der Waals surface area (Å²) in [5.41, 5.74) is 1.68. The monoisotopic (exact) mass is 154 g/mol. The van der Waals surface area contributed by atoms with E-state index < -0.39 is 6.10 Å². The second kappa shape index (κ2) is 3.30. The van der Waals surface area contributed by atoms with Crippen LogP contribution in [0.1, 0.15) is 11.0 Å². The van der Waals surface area contributed by atoms with Gasteiger partial charge in [0.15, 0.2) is 6.10 Å². The van der Waals surface area contributed by atoms with Gasteiger partial charge in [0.25, 0.3) is 0 Å². The van der Waals surface area contributed by atoms with E-state index in [-0.39, 0.29) is 0 Å². The van der Waals surface area contributed by atoms with Crippen LogP contribution in [0, 0.1) is 11.3 Å². The summed E-state index contributed by atoms with van der Waals surface area (Å²) in [6.45, 7) is 0. The molecule has 0 spiro atoms. The molecule has 0 aliphatic heterocycles. The fourth-order valence-electron chi connectivity index (χ4n) is 0.588. The number of nitrogens with zero attached hydrogens (tertiary/aromatic N) is 2. The van der Waals surface area contributed by atoms with Gasteiger partial charge in [-0.15, -0.1) is 11.3 Å². The van der Waals surface area contributed by atoms with Crippen molar-refractivity contribution in [3.63, 3.8) is 0 Å². The molecule has 0 amide bonds. The molecule has 0 N–H and O–H groups in total. The minimum absolute atomic E-state index is 0.451. The van der Waals surface area contributed by atoms with Gasteiger partial charge in [-0.05, 0) is 0 Å². The Hall–Kier alpha value is -0.920. The lowest BCUT2D eigenvalue weighted by atomic mass is 10.3. The van der Waals surface area contributed by atoms with Crippen molar-refractivity contribution >= 4 is 11.3 Å². The molecule has 10 heavy (non-hydrogen) atoms. The average molecular weight is 154 g/mol. The fourth-order valence-corrected chi connectivity index (χ4v) is 1.23. The smallest absolute Gasteiger partial charge is 0.179 e. The number of aromatic nitrogens is 1. The molecule has 1 aromatic heterocycles. The summed E-state index contributed by atoms with van der Waals surface area (Å²) in [4.78, 5) is 4.68. The maximum atomic E-state index is 8.50. The van der Waals surface area contributed by atoms with Crippen LogP contribution in [0.15, 0.2) is 11.7 Å². The van der Waals surface area contributed by atoms with E-state index in [1.165, 1.54) is 18.4 Å². The highest BCUT2D eigenvalue weighted by atomic mass is 32.1. The number of hydrogen-bond donors (Lipinski definition) is 0. The maximum absolute atomic E-state index is 8.50. The van der Waals surface area contributed by atoms with E-state index in [0.717, 1.165) is 4.88 Å². The third-order valence-electron chi connectivity index (χ3n) is 1.06. The number of ether oxygens (including phenoxy) is 1. The third kappa shape index (κ3) is 1.32. The van der Waals surface area contributed by atoms with Crippen LogP contribution in [-0.2, 0) is 4.74 Å². The Morgan fingerprint density at radius 2 is 2.70 bits per heavy atom. The standard InChI is InChI=1S/C6H6N2OS/c1-9-5(2-7)6-3-8-4-10-6/h3-5H,1H3. The molecule has 0 radical (unpaired) electrons. The van der Waals surface area contributed by atoms with Gasteiger partial charge in [0.1, 0.15) is 6.07 Å². The van der Waals surface area contributed by atoms with Gasteiger partial charge < -0.3 is 4.74 Å². The highest BCUT2D eigenvalue weighted by Gasteiger charge is 2.08. The first kappa shape index (κ1) is 7.19. The Bertz CT molecular complexity index is 226. The number of hydrogen-bond acceptors (Lipinski definition) is 4. The molecule has 52 valence electrons. The molecule has 0 aromatic carbocycles. The molecule has 1 aromatic rings. The number of methoxy groups -OCH3 is 1. The van der Waals surface area contributed by atoms with Gasteiger partial charge in [-0.3, -0.25) is 4.98 Å². The van der Waals surface area contributed by atoms with E-state index >= 15 is 0 Å². The predicted octanol–water partition coefficient (Wildman–Crippen LogP) is 1.35. The molecule has 1 atom stereocenters. The molecule has 0 aliphatic carbocycles. The van der Waals surface area contributed by atoms with E-state index in [2.05, 4.69) is 4.98 Å². The van der Waals surface area contributed by atoms with Gasteiger partial charge in [-0.25, -0.2) is 0 Å². The Balaban J connectivity index is 2.76. The molecular weight excluding hydrogens is 148 g/mol. The molecule has 1 unspecified atom stereocenters. The van der Waals surface area contributed by atoms with Crippen molar-refractivity contribution in [2.45, 2.75) is 6.10 Å². The largest absolute Gasteiger partial charge is 0.361 e. The lowest BCUT2D eigenvalue weighted by molar-refractivity contribution is 0.151. The van der Waals surface area contributed by atoms with Crippen LogP contribution in [-0.4, -0.2) is 12.1 Å². The summed E-state index contributed by atoms with van der Waals surface area (Å²) in [6, 6.07) is 2.00. The molecule has 0 fully saturated rings. The van der Waals surface area contributed by atoms with Crippen molar-refractivity contribution in [1.82, 2.24) is 4.98 Å². The minimum atomic E-state index is -0.451. The molecule has 3 nitrogen and oxygen atoms in total. The zero-order valence-electron chi connectivity index (χ0n) is 5.44. The van der Waals surface area contributed by atoms with Gasteiger partial charge in [-0.2, -0.15) is 5.26 Å². The van der Waals surface area contributed by atoms with E-state index in [4.69, 9.17) is 10.00 Å². The summed E-state index contributed by atoms with van der Waals surface area (Å²) in [5, 5.41) is 8.50. The zero-order chi connectivity index (χ0) is 7.40. The molecule has 4 heteroatoms. The summed E-state index contributed by atoms with van der Waals surface area (Å²) in [5.74, 6) is 0. The van der Waals surface area contributed by atoms with E-state index in [1.807, 2.05) is 6.07 Å². The molecule has 0 saturated carbocycles. The molecule has 0 bridgehead atoms. The number of nitriles is 1. The van der Waals surface area contributed by atoms with Crippen LogP contribution < -0.4 is 0 Å². The predicted molar refractivity (Wildman–Crippen MR) is 37.5 cm³/mol. The van der Waals surface area contributed by atoms with E-state index in [9.17, 15) is 0 Å². The molecule has 0 aliphatic rings. The second-order valence-electron chi connectivity index (χ2n) is 1.65. The van der Waals surface area contributed by atoms with Crippen molar-refractivity contribution < 1.29 is 4.74 Å². The quantitative estimate of drug-likeness (QED) is 0.646. The highest BCUT2D eigenvalue weighted by Crippen LogP contribution is 2.18. The van der Waals surface area contributed by atoms with E-state index in [0.29, 0.717) is 0 Å². The normalized spacial score (nSPS) is 12.4. The summed E-state index contributed by atoms with van der Waals surface area (Å²) >= 11 is 1.42. The fraction of sp³-hybridized carbons (Fsp3) is 0.333. The van der Waals surface area contributed by atoms with Crippen molar-refractivity contribution in [2.75, 3.05) is 7.11 Å². The zero-order valence-corrected chi connectivity index (χ0v) is 6.26. The van der Waals surface area contributed by atoms with Gasteiger partial charge in [0, 0.05) is 13.3 Å². The Morgan fingerprint density at radius 3 is 3.10 bits per heavy atom. The molecule has 0 saturated heterocycles. The maximum Gasteiger partial charge on any atom is 0.179 e. The molecular formula is C6H6N2OS. The van der Waals surface area contributed by atoms with Crippen molar-refractivity contribution in [3.8, 4) is 6.07 Å². The van der Waals surface area contributed by atoms with Crippen LogP contribution in [0.2, 0.25) is 0 Å². The molecule has 1 heterocycles. The first-order valence-corrected chi connectivity index (χ1v) is 3.57. The van der Waals surface area contributed by atoms with E-state index in [1.54, 1.807) is 11.7 Å². The SMILES string of the molecule is COC(C#N)c1cncs1. The number of rotatable bonds is 2. The highest BCUT2D eigenvalue weighted by molar-refractivity contribution is 7.09. The van der Waals surface area contributed by atoms with Crippen LogP contribution in [0.5, 0.6) is 0 Å². The van der Waals surface area contributed by atoms with Crippen LogP contribution in [0.3, 0.4) is 0 Å². The van der Waals surface area contributed by atoms with Gasteiger partial charge >= 0.3 is 0 Å². The lowest BCUT2D eigenvalue weighted by Gasteiger charge is -2.00. The summed E-state index contributed by atoms with van der Waals surface area (Å²) < 4.78 is 4.85. The van der Waals surface area contributed by atoms with Crippen molar-refractivity contribution in [3.05, 3.63) is 16.6 Å². The van der Waals surface area contributed by atoms with Crippen LogP contribution in [0.4, 0.5) is 0 Å². The van der Waals surface area contributed by atoms with Gasteiger partial charge in [-0.1, -0.05) is 0 Å². The van der Waals surface area contributed by atoms with Crippen molar-refractivity contribution in [2.24, 2.45) is 0 Å². The second-order valence-corrected chi connectivity index (χ2v) is 2.57. The van der Waals surface area contributed by atoms with Crippen LogP contribution >= 0.6 is 11.3 Å². The Labute approximate surface area is 62.9 Å². The topological polar surface area (TPSA) is 45.9 Å². The summed E-state index contributed by atoms with van der Waals surface area (Å²) in [7, 11) is 1.51. The number of thiazole rings is 1. The lowest BCUT2D eigenvalue weighted by Crippen LogP contribution is -1.93. The first-order chi connectivity index (χ1) is 4.88.